The second kappa shape index (κ2) is 11.7. The van der Waals surface area contributed by atoms with Crippen LogP contribution < -0.4 is 16.0 Å². The molecule has 0 saturated carbocycles. The first-order valence-corrected chi connectivity index (χ1v) is 11.7. The molecule has 3 N–H and O–H groups in total. The molecule has 3 aromatic rings. The number of hydrogen-bond donors (Lipinski definition) is 3. The lowest BCUT2D eigenvalue weighted by molar-refractivity contribution is 0.0915. The highest BCUT2D eigenvalue weighted by Gasteiger charge is 2.28. The van der Waals surface area contributed by atoms with Crippen LogP contribution in [0, 0.1) is 5.92 Å². The predicted octanol–water partition coefficient (Wildman–Crippen LogP) is 2.55. The number of rotatable bonds is 10. The maximum absolute atomic E-state index is 13.1. The molecule has 0 unspecified atom stereocenters. The fraction of sp³-hybridized carbons (Fsp3) is 0.250. The summed E-state index contributed by atoms with van der Waals surface area (Å²) in [5.41, 5.74) is 1.97. The van der Waals surface area contributed by atoms with Crippen molar-refractivity contribution in [2.75, 3.05) is 6.54 Å². The van der Waals surface area contributed by atoms with Gasteiger partial charge in [0.1, 0.15) is 29.1 Å². The first kappa shape index (κ1) is 24.5. The Morgan fingerprint density at radius 3 is 2.58 bits per heavy atom. The van der Waals surface area contributed by atoms with E-state index in [0.717, 1.165) is 10.9 Å². The van der Waals surface area contributed by atoms with Gasteiger partial charge >= 0.3 is 0 Å². The first-order valence-electron chi connectivity index (χ1n) is 11.7. The highest BCUT2D eigenvalue weighted by molar-refractivity contribution is 5.96. The van der Waals surface area contributed by atoms with E-state index in [0.29, 0.717) is 37.1 Å². The number of carbonyl (C=O) groups excluding carboxylic acids is 4. The lowest BCUT2D eigenvalue weighted by Crippen LogP contribution is -2.44. The van der Waals surface area contributed by atoms with Crippen molar-refractivity contribution in [1.29, 1.82) is 0 Å². The van der Waals surface area contributed by atoms with E-state index >= 15 is 0 Å². The Hall–Kier alpha value is -4.60. The summed E-state index contributed by atoms with van der Waals surface area (Å²) in [7, 11) is 0. The van der Waals surface area contributed by atoms with Gasteiger partial charge in [-0.15, -0.1) is 0 Å². The summed E-state index contributed by atoms with van der Waals surface area (Å²) in [6.45, 7) is 0.632. The van der Waals surface area contributed by atoms with Crippen LogP contribution in [0.5, 0.6) is 0 Å². The van der Waals surface area contributed by atoms with Crippen molar-refractivity contribution in [1.82, 2.24) is 16.0 Å². The standard InChI is InChI=1S/C28H25N3O5/c32-13-11-22(15-20-10-12-29-24(20)17-33)30-25(18-34)23(14-19-6-2-1-3-7-19)31-28(35)27-16-21-8-4-5-9-26(21)36-27/h1-9,11,16,20,22-23,29-30H,10,12,14-15H2,(H,31,35)/t20-,22+,23-/m0/s1. The van der Waals surface area contributed by atoms with Gasteiger partial charge in [-0.2, -0.15) is 0 Å². The SMILES string of the molecule is O=C=C[C@H](C[C@@H]1CCNC1=C=O)NC(=C=O)[C@H](Cc1ccccc1)NC(=O)c1cc2ccccc2o1. The van der Waals surface area contributed by atoms with Gasteiger partial charge in [0, 0.05) is 23.9 Å². The molecule has 182 valence electrons. The topological polar surface area (TPSA) is 118 Å². The molecular formula is C28H25N3O5. The molecule has 0 spiro atoms. The fourth-order valence-corrected chi connectivity index (χ4v) is 4.38. The molecule has 8 heteroatoms. The Morgan fingerprint density at radius 1 is 1.08 bits per heavy atom. The average Bonchev–Trinajstić information content (AvgIpc) is 3.54. The molecule has 3 atom stereocenters. The summed E-state index contributed by atoms with van der Waals surface area (Å²) in [5, 5.41) is 9.67. The van der Waals surface area contributed by atoms with Crippen LogP contribution in [0.15, 0.2) is 82.6 Å². The van der Waals surface area contributed by atoms with E-state index in [1.54, 1.807) is 18.1 Å². The minimum absolute atomic E-state index is 0.0717. The van der Waals surface area contributed by atoms with E-state index in [1.807, 2.05) is 60.4 Å². The summed E-state index contributed by atoms with van der Waals surface area (Å²) in [4.78, 5) is 47.6. The van der Waals surface area contributed by atoms with Crippen LogP contribution in [0.3, 0.4) is 0 Å². The van der Waals surface area contributed by atoms with Crippen molar-refractivity contribution in [3.8, 4) is 0 Å². The number of fused-ring (bicyclic) bond motifs is 1. The van der Waals surface area contributed by atoms with Gasteiger partial charge in [0.15, 0.2) is 5.76 Å². The second-order valence-corrected chi connectivity index (χ2v) is 8.58. The van der Waals surface area contributed by atoms with E-state index in [4.69, 9.17) is 4.42 Å². The molecule has 0 aliphatic carbocycles. The van der Waals surface area contributed by atoms with Crippen molar-refractivity contribution in [3.05, 3.63) is 89.5 Å². The van der Waals surface area contributed by atoms with Crippen molar-refractivity contribution >= 4 is 34.7 Å². The van der Waals surface area contributed by atoms with Crippen molar-refractivity contribution < 1.29 is 23.6 Å². The molecule has 1 aliphatic rings. The van der Waals surface area contributed by atoms with Gasteiger partial charge in [-0.05, 0) is 37.0 Å². The Balaban J connectivity index is 1.57. The molecule has 0 bridgehead atoms. The molecule has 0 radical (unpaired) electrons. The molecule has 8 nitrogen and oxygen atoms in total. The molecule has 4 rings (SSSR count). The average molecular weight is 484 g/mol. The predicted molar refractivity (Wildman–Crippen MR) is 134 cm³/mol. The molecule has 36 heavy (non-hydrogen) atoms. The number of amides is 1. The number of benzene rings is 2. The van der Waals surface area contributed by atoms with Gasteiger partial charge in [0.2, 0.25) is 0 Å². The van der Waals surface area contributed by atoms with Crippen molar-refractivity contribution in [2.45, 2.75) is 31.3 Å². The third kappa shape index (κ3) is 5.90. The lowest BCUT2D eigenvalue weighted by atomic mass is 9.95. The van der Waals surface area contributed by atoms with Crippen LogP contribution in [0.25, 0.3) is 11.0 Å². The Labute approximate surface area is 207 Å². The molecule has 2 aromatic carbocycles. The highest BCUT2D eigenvalue weighted by Crippen LogP contribution is 2.23. The van der Waals surface area contributed by atoms with Gasteiger partial charge in [0.25, 0.3) is 5.91 Å². The summed E-state index contributed by atoms with van der Waals surface area (Å²) < 4.78 is 5.68. The normalized spacial score (nSPS) is 16.1. The maximum atomic E-state index is 13.1. The molecule has 1 aliphatic heterocycles. The Kier molecular flexibility index (Phi) is 7.97. The largest absolute Gasteiger partial charge is 0.451 e. The van der Waals surface area contributed by atoms with E-state index in [-0.39, 0.29) is 17.4 Å². The smallest absolute Gasteiger partial charge is 0.287 e. The van der Waals surface area contributed by atoms with Crippen molar-refractivity contribution in [3.63, 3.8) is 0 Å². The van der Waals surface area contributed by atoms with Crippen molar-refractivity contribution in [2.24, 2.45) is 5.92 Å². The number of carbonyl (C=O) groups is 1. The van der Waals surface area contributed by atoms with Crippen LogP contribution in [-0.2, 0) is 20.8 Å². The number of para-hydroxylation sites is 1. The highest BCUT2D eigenvalue weighted by atomic mass is 16.3. The van der Waals surface area contributed by atoms with Gasteiger partial charge in [-0.25, -0.2) is 14.4 Å². The fourth-order valence-electron chi connectivity index (χ4n) is 4.38. The monoisotopic (exact) mass is 483 g/mol. The number of allylic oxidation sites excluding steroid dienone is 1. The van der Waals surface area contributed by atoms with Gasteiger partial charge < -0.3 is 20.4 Å². The van der Waals surface area contributed by atoms with E-state index in [1.165, 1.54) is 6.08 Å². The zero-order chi connectivity index (χ0) is 25.3. The van der Waals surface area contributed by atoms with Crippen LogP contribution in [0.4, 0.5) is 0 Å². The molecule has 1 fully saturated rings. The molecular weight excluding hydrogens is 458 g/mol. The maximum Gasteiger partial charge on any atom is 0.287 e. The second-order valence-electron chi connectivity index (χ2n) is 8.58. The lowest BCUT2D eigenvalue weighted by Gasteiger charge is -2.25. The number of furan rings is 1. The number of nitrogens with one attached hydrogen (secondary N) is 3. The summed E-state index contributed by atoms with van der Waals surface area (Å²) >= 11 is 0. The van der Waals surface area contributed by atoms with Crippen LogP contribution in [-0.4, -0.2) is 42.4 Å². The van der Waals surface area contributed by atoms with E-state index < -0.39 is 18.0 Å². The van der Waals surface area contributed by atoms with Crippen LogP contribution in [0.1, 0.15) is 29.0 Å². The van der Waals surface area contributed by atoms with E-state index in [9.17, 15) is 19.2 Å². The zero-order valence-electron chi connectivity index (χ0n) is 19.5. The summed E-state index contributed by atoms with van der Waals surface area (Å²) in [6, 6.07) is 16.9. The minimum Gasteiger partial charge on any atom is -0.451 e. The molecule has 1 amide bonds. The number of hydrogen-bond acceptors (Lipinski definition) is 7. The molecule has 1 saturated heterocycles. The zero-order valence-corrected chi connectivity index (χ0v) is 19.5. The Bertz CT molecular complexity index is 1340. The first-order chi connectivity index (χ1) is 17.6. The molecule has 1 aromatic heterocycles. The van der Waals surface area contributed by atoms with E-state index in [2.05, 4.69) is 16.0 Å². The third-order valence-corrected chi connectivity index (χ3v) is 6.17. The van der Waals surface area contributed by atoms with Crippen LogP contribution >= 0.6 is 0 Å². The Morgan fingerprint density at radius 2 is 1.86 bits per heavy atom. The molecule has 2 heterocycles. The third-order valence-electron chi connectivity index (χ3n) is 6.17. The van der Waals surface area contributed by atoms with Gasteiger partial charge in [0.05, 0.1) is 17.8 Å². The minimum atomic E-state index is -0.782. The quantitative estimate of drug-likeness (QED) is 0.380. The van der Waals surface area contributed by atoms with Gasteiger partial charge in [-0.3, -0.25) is 4.79 Å². The van der Waals surface area contributed by atoms with Crippen LogP contribution in [0.2, 0.25) is 0 Å². The van der Waals surface area contributed by atoms with Gasteiger partial charge in [-0.1, -0.05) is 48.5 Å². The summed E-state index contributed by atoms with van der Waals surface area (Å²) in [5.74, 6) is 5.05. The summed E-state index contributed by atoms with van der Waals surface area (Å²) in [6.07, 6.45) is 2.63.